The lowest BCUT2D eigenvalue weighted by molar-refractivity contribution is -0.137. The summed E-state index contributed by atoms with van der Waals surface area (Å²) in [5, 5.41) is 5.67. The van der Waals surface area contributed by atoms with Crippen molar-refractivity contribution in [3.63, 3.8) is 0 Å². The van der Waals surface area contributed by atoms with Crippen LogP contribution in [0.2, 0.25) is 0 Å². The van der Waals surface area contributed by atoms with Crippen LogP contribution in [0.4, 0.5) is 30.2 Å². The van der Waals surface area contributed by atoms with Crippen LogP contribution < -0.4 is 15.4 Å². The smallest absolute Gasteiger partial charge is 0.416 e. The van der Waals surface area contributed by atoms with Crippen molar-refractivity contribution < 1.29 is 22.7 Å². The number of ether oxygens (including phenoxy) is 1. The van der Waals surface area contributed by atoms with Crippen molar-refractivity contribution in [2.75, 3.05) is 17.7 Å². The summed E-state index contributed by atoms with van der Waals surface area (Å²) in [6.07, 6.45) is -2.96. The number of anilines is 3. The lowest BCUT2D eigenvalue weighted by Crippen LogP contribution is -2.14. The van der Waals surface area contributed by atoms with E-state index in [0.717, 1.165) is 17.8 Å². The first-order valence-electron chi connectivity index (χ1n) is 8.21. The quantitative estimate of drug-likeness (QED) is 0.639. The summed E-state index contributed by atoms with van der Waals surface area (Å²) in [6, 6.07) is 14.7. The fourth-order valence-electron chi connectivity index (χ4n) is 2.44. The van der Waals surface area contributed by atoms with Gasteiger partial charge < -0.3 is 15.4 Å². The predicted octanol–water partition coefficient (Wildman–Crippen LogP) is 5.10. The molecule has 0 unspecified atom stereocenters. The molecule has 0 saturated carbocycles. The highest BCUT2D eigenvalue weighted by Crippen LogP contribution is 2.30. The number of benzene rings is 2. The van der Waals surface area contributed by atoms with E-state index < -0.39 is 17.6 Å². The molecule has 0 atom stereocenters. The minimum Gasteiger partial charge on any atom is -0.497 e. The van der Waals surface area contributed by atoms with Gasteiger partial charge >= 0.3 is 6.18 Å². The second kappa shape index (κ2) is 7.99. The van der Waals surface area contributed by atoms with E-state index in [1.54, 1.807) is 31.4 Å². The van der Waals surface area contributed by atoms with Crippen LogP contribution in [0, 0.1) is 0 Å². The van der Waals surface area contributed by atoms with Crippen molar-refractivity contribution in [3.05, 3.63) is 78.1 Å². The number of amides is 1. The van der Waals surface area contributed by atoms with Crippen LogP contribution in [0.15, 0.2) is 66.9 Å². The molecular weight excluding hydrogens is 371 g/mol. The number of hydrogen-bond donors (Lipinski definition) is 2. The number of nitrogens with zero attached hydrogens (tertiary/aromatic N) is 1. The molecular formula is C20H16F3N3O2. The molecule has 5 nitrogen and oxygen atoms in total. The molecule has 2 N–H and O–H groups in total. The van der Waals surface area contributed by atoms with Gasteiger partial charge in [-0.15, -0.1) is 0 Å². The number of carbonyl (C=O) groups is 1. The molecule has 0 aliphatic heterocycles. The first kappa shape index (κ1) is 19.2. The Kier molecular flexibility index (Phi) is 5.49. The maximum absolute atomic E-state index is 12.6. The Morgan fingerprint density at radius 3 is 2.36 bits per heavy atom. The molecule has 0 aliphatic carbocycles. The highest BCUT2D eigenvalue weighted by molar-refractivity contribution is 6.03. The molecule has 1 aromatic heterocycles. The minimum absolute atomic E-state index is 0.118. The van der Waals surface area contributed by atoms with E-state index in [1.165, 1.54) is 18.3 Å². The Bertz CT molecular complexity index is 973. The van der Waals surface area contributed by atoms with Gasteiger partial charge in [0.2, 0.25) is 0 Å². The number of rotatable bonds is 5. The van der Waals surface area contributed by atoms with Gasteiger partial charge in [0.05, 0.1) is 12.7 Å². The first-order chi connectivity index (χ1) is 13.3. The third kappa shape index (κ3) is 4.79. The number of methoxy groups -OCH3 is 1. The summed E-state index contributed by atoms with van der Waals surface area (Å²) in [7, 11) is 1.56. The molecule has 0 saturated heterocycles. The fraction of sp³-hybridized carbons (Fsp3) is 0.100. The standard InChI is InChI=1S/C20H16F3N3O2/c1-28-17-4-2-3-15(11-17)25-16-9-10-24-18(12-16)19(27)26-14-7-5-13(6-8-14)20(21,22)23/h2-12H,1H3,(H,24,25)(H,26,27). The maximum Gasteiger partial charge on any atom is 0.416 e. The molecule has 3 aromatic rings. The molecule has 0 fully saturated rings. The summed E-state index contributed by atoms with van der Waals surface area (Å²) in [6.45, 7) is 0. The fourth-order valence-corrected chi connectivity index (χ4v) is 2.44. The predicted molar refractivity (Wildman–Crippen MR) is 99.9 cm³/mol. The zero-order valence-corrected chi connectivity index (χ0v) is 14.7. The van der Waals surface area contributed by atoms with Gasteiger partial charge in [0.25, 0.3) is 5.91 Å². The van der Waals surface area contributed by atoms with Gasteiger partial charge in [-0.3, -0.25) is 9.78 Å². The number of halogens is 3. The summed E-state index contributed by atoms with van der Waals surface area (Å²) in [4.78, 5) is 16.4. The normalized spacial score (nSPS) is 11.0. The van der Waals surface area contributed by atoms with Crippen molar-refractivity contribution in [3.8, 4) is 5.75 Å². The van der Waals surface area contributed by atoms with Gasteiger partial charge in [-0.25, -0.2) is 0 Å². The zero-order chi connectivity index (χ0) is 20.1. The lowest BCUT2D eigenvalue weighted by Gasteiger charge is -2.10. The molecule has 0 spiro atoms. The average Bonchev–Trinajstić information content (AvgIpc) is 2.68. The number of aromatic nitrogens is 1. The SMILES string of the molecule is COc1cccc(Nc2ccnc(C(=O)Nc3ccc(C(F)(F)F)cc3)c2)c1. The average molecular weight is 387 g/mol. The minimum atomic E-state index is -4.43. The van der Waals surface area contributed by atoms with Crippen LogP contribution in [0.5, 0.6) is 5.75 Å². The number of carbonyl (C=O) groups excluding carboxylic acids is 1. The molecule has 1 amide bonds. The van der Waals surface area contributed by atoms with E-state index in [0.29, 0.717) is 11.4 Å². The summed E-state index contributed by atoms with van der Waals surface area (Å²) < 4.78 is 43.0. The van der Waals surface area contributed by atoms with Crippen molar-refractivity contribution in [2.24, 2.45) is 0 Å². The summed E-state index contributed by atoms with van der Waals surface area (Å²) in [5.74, 6) is 0.147. The number of pyridine rings is 1. The van der Waals surface area contributed by atoms with Crippen molar-refractivity contribution >= 4 is 23.0 Å². The monoisotopic (exact) mass is 387 g/mol. The van der Waals surface area contributed by atoms with E-state index in [-0.39, 0.29) is 11.4 Å². The van der Waals surface area contributed by atoms with Gasteiger partial charge in [0.15, 0.2) is 0 Å². The summed E-state index contributed by atoms with van der Waals surface area (Å²) in [5.41, 5.74) is 0.965. The third-order valence-corrected chi connectivity index (χ3v) is 3.82. The number of nitrogens with one attached hydrogen (secondary N) is 2. The molecule has 0 bridgehead atoms. The van der Waals surface area contributed by atoms with E-state index in [4.69, 9.17) is 4.74 Å². The third-order valence-electron chi connectivity index (χ3n) is 3.82. The van der Waals surface area contributed by atoms with Crippen LogP contribution in [0.1, 0.15) is 16.1 Å². The second-order valence-corrected chi connectivity index (χ2v) is 5.82. The molecule has 0 aliphatic rings. The van der Waals surface area contributed by atoms with Gasteiger partial charge in [-0.05, 0) is 48.5 Å². The Balaban J connectivity index is 1.71. The van der Waals surface area contributed by atoms with Crippen LogP contribution in [0.3, 0.4) is 0 Å². The van der Waals surface area contributed by atoms with Crippen molar-refractivity contribution in [2.45, 2.75) is 6.18 Å². The highest BCUT2D eigenvalue weighted by Gasteiger charge is 2.30. The van der Waals surface area contributed by atoms with Crippen LogP contribution in [-0.4, -0.2) is 18.0 Å². The molecule has 3 rings (SSSR count). The van der Waals surface area contributed by atoms with Crippen LogP contribution >= 0.6 is 0 Å². The largest absolute Gasteiger partial charge is 0.497 e. The number of hydrogen-bond acceptors (Lipinski definition) is 4. The van der Waals surface area contributed by atoms with Gasteiger partial charge in [0, 0.05) is 29.3 Å². The van der Waals surface area contributed by atoms with E-state index >= 15 is 0 Å². The van der Waals surface area contributed by atoms with E-state index in [9.17, 15) is 18.0 Å². The molecule has 28 heavy (non-hydrogen) atoms. The van der Waals surface area contributed by atoms with Crippen LogP contribution in [-0.2, 0) is 6.18 Å². The van der Waals surface area contributed by atoms with E-state index in [2.05, 4.69) is 15.6 Å². The molecule has 2 aromatic carbocycles. The number of alkyl halides is 3. The Morgan fingerprint density at radius 2 is 1.68 bits per heavy atom. The van der Waals surface area contributed by atoms with Crippen molar-refractivity contribution in [1.29, 1.82) is 0 Å². The second-order valence-electron chi connectivity index (χ2n) is 5.82. The Labute approximate surface area is 159 Å². The van der Waals surface area contributed by atoms with Crippen LogP contribution in [0.25, 0.3) is 0 Å². The molecule has 0 radical (unpaired) electrons. The Hall–Kier alpha value is -3.55. The van der Waals surface area contributed by atoms with Gasteiger partial charge in [-0.1, -0.05) is 6.07 Å². The van der Waals surface area contributed by atoms with Gasteiger partial charge in [-0.2, -0.15) is 13.2 Å². The van der Waals surface area contributed by atoms with E-state index in [1.807, 2.05) is 12.1 Å². The molecule has 1 heterocycles. The molecule has 8 heteroatoms. The maximum atomic E-state index is 12.6. The topological polar surface area (TPSA) is 63.2 Å². The Morgan fingerprint density at radius 1 is 0.964 bits per heavy atom. The zero-order valence-electron chi connectivity index (χ0n) is 14.7. The van der Waals surface area contributed by atoms with Gasteiger partial charge in [0.1, 0.15) is 11.4 Å². The lowest BCUT2D eigenvalue weighted by atomic mass is 10.2. The highest BCUT2D eigenvalue weighted by atomic mass is 19.4. The summed E-state index contributed by atoms with van der Waals surface area (Å²) >= 11 is 0. The van der Waals surface area contributed by atoms with Crippen molar-refractivity contribution in [1.82, 2.24) is 4.98 Å². The first-order valence-corrected chi connectivity index (χ1v) is 8.21. The molecule has 144 valence electrons.